The van der Waals surface area contributed by atoms with Gasteiger partial charge in [-0.2, -0.15) is 13.2 Å². The number of halogens is 3. The van der Waals surface area contributed by atoms with Crippen molar-refractivity contribution in [1.82, 2.24) is 0 Å². The Balaban J connectivity index is 2.38. The summed E-state index contributed by atoms with van der Waals surface area (Å²) in [5.41, 5.74) is 2.55. The second-order valence-electron chi connectivity index (χ2n) is 5.84. The number of allylic oxidation sites excluding steroid dienone is 4. The summed E-state index contributed by atoms with van der Waals surface area (Å²) >= 11 is 0. The van der Waals surface area contributed by atoms with Gasteiger partial charge >= 0.3 is 12.1 Å². The van der Waals surface area contributed by atoms with Gasteiger partial charge in [0.15, 0.2) is 0 Å². The molecule has 0 aliphatic rings. The van der Waals surface area contributed by atoms with E-state index in [1.165, 1.54) is 6.08 Å². The van der Waals surface area contributed by atoms with Crippen molar-refractivity contribution in [1.29, 1.82) is 0 Å². The van der Waals surface area contributed by atoms with Crippen LogP contribution in [0.25, 0.3) is 16.3 Å². The molecule has 2 rings (SSSR count). The normalized spacial score (nSPS) is 13.1. The summed E-state index contributed by atoms with van der Waals surface area (Å²) in [6.45, 7) is 1.80. The van der Waals surface area contributed by atoms with Crippen molar-refractivity contribution in [3.63, 3.8) is 0 Å². The van der Waals surface area contributed by atoms with Crippen molar-refractivity contribution in [2.75, 3.05) is 19.0 Å². The molecule has 0 fully saturated rings. The van der Waals surface area contributed by atoms with Crippen LogP contribution in [0.5, 0.6) is 0 Å². The predicted octanol–water partition coefficient (Wildman–Crippen LogP) is 5.03. The quantitative estimate of drug-likeness (QED) is 0.566. The SMILES string of the molecule is C/C=C\C(=C/C=NC(=O)C(F)(F)F)c1ccc2cc(N(C)C)ccc2c1. The second kappa shape index (κ2) is 7.99. The molecule has 2 aromatic rings. The zero-order valence-corrected chi connectivity index (χ0v) is 14.7. The van der Waals surface area contributed by atoms with Gasteiger partial charge in [-0.3, -0.25) is 4.79 Å². The summed E-state index contributed by atoms with van der Waals surface area (Å²) in [5, 5.41) is 2.06. The van der Waals surface area contributed by atoms with Gasteiger partial charge < -0.3 is 4.90 Å². The van der Waals surface area contributed by atoms with Gasteiger partial charge in [0.25, 0.3) is 0 Å². The smallest absolute Gasteiger partial charge is 0.378 e. The van der Waals surface area contributed by atoms with E-state index in [1.54, 1.807) is 19.1 Å². The largest absolute Gasteiger partial charge is 0.473 e. The topological polar surface area (TPSA) is 32.7 Å². The van der Waals surface area contributed by atoms with E-state index in [2.05, 4.69) is 11.1 Å². The Hall–Kier alpha value is -2.89. The Kier molecular flexibility index (Phi) is 5.97. The highest BCUT2D eigenvalue weighted by Crippen LogP contribution is 2.25. The maximum atomic E-state index is 12.2. The lowest BCUT2D eigenvalue weighted by molar-refractivity contribution is -0.169. The molecular formula is C20H19F3N2O. The molecule has 0 spiro atoms. The summed E-state index contributed by atoms with van der Waals surface area (Å²) in [5.74, 6) is -2.12. The molecule has 0 saturated heterocycles. The van der Waals surface area contributed by atoms with Crippen LogP contribution in [0.3, 0.4) is 0 Å². The fourth-order valence-electron chi connectivity index (χ4n) is 2.38. The number of nitrogens with zero attached hydrogens (tertiary/aromatic N) is 2. The summed E-state index contributed by atoms with van der Waals surface area (Å²) in [6, 6.07) is 11.8. The molecule has 0 saturated carbocycles. The van der Waals surface area contributed by atoms with Crippen LogP contribution >= 0.6 is 0 Å². The molecule has 0 radical (unpaired) electrons. The molecule has 3 nitrogen and oxygen atoms in total. The van der Waals surface area contributed by atoms with Crippen LogP contribution < -0.4 is 4.90 Å². The van der Waals surface area contributed by atoms with E-state index >= 15 is 0 Å². The number of carbonyl (C=O) groups excluding carboxylic acids is 1. The van der Waals surface area contributed by atoms with Crippen molar-refractivity contribution in [3.05, 3.63) is 60.2 Å². The fraction of sp³-hybridized carbons (Fsp3) is 0.200. The highest BCUT2D eigenvalue weighted by Gasteiger charge is 2.38. The van der Waals surface area contributed by atoms with E-state index in [0.717, 1.165) is 28.2 Å². The van der Waals surface area contributed by atoms with Crippen LogP contribution in [0, 0.1) is 0 Å². The Bertz CT molecular complexity index is 894. The van der Waals surface area contributed by atoms with E-state index in [0.29, 0.717) is 5.57 Å². The zero-order chi connectivity index (χ0) is 19.3. The molecule has 0 bridgehead atoms. The average molecular weight is 360 g/mol. The zero-order valence-electron chi connectivity index (χ0n) is 14.7. The third kappa shape index (κ3) is 4.81. The van der Waals surface area contributed by atoms with Crippen molar-refractivity contribution in [2.45, 2.75) is 13.1 Å². The molecule has 2 aromatic carbocycles. The minimum atomic E-state index is -4.96. The first-order valence-electron chi connectivity index (χ1n) is 7.92. The first-order valence-corrected chi connectivity index (χ1v) is 7.92. The van der Waals surface area contributed by atoms with E-state index in [4.69, 9.17) is 0 Å². The molecule has 0 aromatic heterocycles. The highest BCUT2D eigenvalue weighted by molar-refractivity contribution is 5.97. The summed E-state index contributed by atoms with van der Waals surface area (Å²) in [7, 11) is 3.92. The number of aliphatic imine (C=N–C) groups is 1. The van der Waals surface area contributed by atoms with Crippen LogP contribution in [0.4, 0.5) is 18.9 Å². The van der Waals surface area contributed by atoms with Crippen LogP contribution in [-0.4, -0.2) is 32.4 Å². The lowest BCUT2D eigenvalue weighted by Gasteiger charge is -2.13. The maximum absolute atomic E-state index is 12.2. The van der Waals surface area contributed by atoms with E-state index in [-0.39, 0.29) is 0 Å². The molecule has 136 valence electrons. The number of amides is 1. The molecule has 0 atom stereocenters. The molecule has 0 aliphatic heterocycles. The molecule has 0 N–H and O–H groups in total. The second-order valence-corrected chi connectivity index (χ2v) is 5.84. The Labute approximate surface area is 150 Å². The molecule has 0 unspecified atom stereocenters. The van der Waals surface area contributed by atoms with Crippen LogP contribution in [0.2, 0.25) is 0 Å². The van der Waals surface area contributed by atoms with Crippen molar-refractivity contribution in [2.24, 2.45) is 4.99 Å². The third-order valence-electron chi connectivity index (χ3n) is 3.71. The Morgan fingerprint density at radius 2 is 1.73 bits per heavy atom. The summed E-state index contributed by atoms with van der Waals surface area (Å²) in [4.78, 5) is 15.8. The first kappa shape index (κ1) is 19.4. The van der Waals surface area contributed by atoms with Gasteiger partial charge in [-0.25, -0.2) is 4.99 Å². The number of fused-ring (bicyclic) bond motifs is 1. The van der Waals surface area contributed by atoms with E-state index < -0.39 is 12.1 Å². The number of anilines is 1. The van der Waals surface area contributed by atoms with Gasteiger partial charge in [0.2, 0.25) is 0 Å². The number of carbonyl (C=O) groups is 1. The van der Waals surface area contributed by atoms with Crippen LogP contribution in [-0.2, 0) is 4.79 Å². The lowest BCUT2D eigenvalue weighted by atomic mass is 10.00. The highest BCUT2D eigenvalue weighted by atomic mass is 19.4. The van der Waals surface area contributed by atoms with E-state index in [1.807, 2.05) is 49.3 Å². The summed E-state index contributed by atoms with van der Waals surface area (Å²) < 4.78 is 36.6. The molecule has 0 aliphatic carbocycles. The van der Waals surface area contributed by atoms with Gasteiger partial charge in [-0.15, -0.1) is 0 Å². The summed E-state index contributed by atoms with van der Waals surface area (Å²) in [6.07, 6.45) is 0.825. The van der Waals surface area contributed by atoms with Gasteiger partial charge in [0.1, 0.15) is 0 Å². The number of alkyl halides is 3. The van der Waals surface area contributed by atoms with Crippen LogP contribution in [0.1, 0.15) is 12.5 Å². The van der Waals surface area contributed by atoms with Crippen molar-refractivity contribution in [3.8, 4) is 0 Å². The lowest BCUT2D eigenvalue weighted by Crippen LogP contribution is -2.20. The first-order chi connectivity index (χ1) is 12.2. The monoisotopic (exact) mass is 360 g/mol. The molecule has 6 heteroatoms. The minimum absolute atomic E-state index is 0.657. The average Bonchev–Trinajstić information content (AvgIpc) is 2.59. The van der Waals surface area contributed by atoms with Crippen LogP contribution in [0.15, 0.2) is 59.6 Å². The fourth-order valence-corrected chi connectivity index (χ4v) is 2.38. The number of hydrogen-bond acceptors (Lipinski definition) is 2. The number of benzene rings is 2. The third-order valence-corrected chi connectivity index (χ3v) is 3.71. The molecule has 1 amide bonds. The van der Waals surface area contributed by atoms with Crippen molar-refractivity contribution >= 4 is 34.2 Å². The van der Waals surface area contributed by atoms with Gasteiger partial charge in [0, 0.05) is 26.0 Å². The Morgan fingerprint density at radius 1 is 1.08 bits per heavy atom. The van der Waals surface area contributed by atoms with Gasteiger partial charge in [0.05, 0.1) is 0 Å². The molecular weight excluding hydrogens is 341 g/mol. The Morgan fingerprint density at radius 3 is 2.35 bits per heavy atom. The van der Waals surface area contributed by atoms with E-state index in [9.17, 15) is 18.0 Å². The number of hydrogen-bond donors (Lipinski definition) is 0. The maximum Gasteiger partial charge on any atom is 0.473 e. The van der Waals surface area contributed by atoms with Gasteiger partial charge in [-0.1, -0.05) is 30.4 Å². The number of rotatable bonds is 4. The predicted molar refractivity (Wildman–Crippen MR) is 101 cm³/mol. The standard InChI is InChI=1S/C20H19F3N2O/c1-4-5-14(10-11-24-19(26)20(21,22)23)15-6-7-17-13-18(25(2)3)9-8-16(17)12-15/h4-13H,1-3H3/b5-4-,14-10+,24-11?. The minimum Gasteiger partial charge on any atom is -0.378 e. The molecule has 26 heavy (non-hydrogen) atoms. The van der Waals surface area contributed by atoms with Crippen molar-refractivity contribution < 1.29 is 18.0 Å². The van der Waals surface area contributed by atoms with Gasteiger partial charge in [-0.05, 0) is 53.1 Å². The molecule has 0 heterocycles.